The lowest BCUT2D eigenvalue weighted by atomic mass is 10.1. The number of nitrogens with zero attached hydrogens (tertiary/aromatic N) is 1. The minimum absolute atomic E-state index is 0.243. The average Bonchev–Trinajstić information content (AvgIpc) is 2.47. The van der Waals surface area contributed by atoms with E-state index in [9.17, 15) is 4.39 Å². The molecule has 3 nitrogen and oxygen atoms in total. The van der Waals surface area contributed by atoms with E-state index in [4.69, 9.17) is 18.0 Å². The molecular formula is C16H12FN3S. The van der Waals surface area contributed by atoms with Gasteiger partial charge in [0.25, 0.3) is 0 Å². The molecule has 0 radical (unpaired) electrons. The van der Waals surface area contributed by atoms with Gasteiger partial charge in [-0.2, -0.15) is 0 Å². The van der Waals surface area contributed by atoms with Crippen molar-refractivity contribution in [1.29, 1.82) is 0 Å². The number of nitrogens with one attached hydrogen (secondary N) is 1. The highest BCUT2D eigenvalue weighted by atomic mass is 32.1. The molecule has 0 unspecified atom stereocenters. The molecule has 0 aliphatic rings. The zero-order valence-electron chi connectivity index (χ0n) is 11.0. The van der Waals surface area contributed by atoms with E-state index in [-0.39, 0.29) is 10.8 Å². The average molecular weight is 297 g/mol. The van der Waals surface area contributed by atoms with E-state index in [2.05, 4.69) is 10.3 Å². The largest absolute Gasteiger partial charge is 0.389 e. The minimum Gasteiger partial charge on any atom is -0.389 e. The predicted molar refractivity (Wildman–Crippen MR) is 87.3 cm³/mol. The summed E-state index contributed by atoms with van der Waals surface area (Å²) in [7, 11) is 0. The summed E-state index contributed by atoms with van der Waals surface area (Å²) in [4.78, 5) is 4.58. The van der Waals surface area contributed by atoms with Gasteiger partial charge in [-0.05, 0) is 24.3 Å². The molecule has 0 fully saturated rings. The van der Waals surface area contributed by atoms with Crippen molar-refractivity contribution >= 4 is 39.5 Å². The van der Waals surface area contributed by atoms with Crippen LogP contribution in [0.15, 0.2) is 54.7 Å². The van der Waals surface area contributed by atoms with Crippen LogP contribution in [0.3, 0.4) is 0 Å². The lowest BCUT2D eigenvalue weighted by molar-refractivity contribution is 0.628. The fourth-order valence-corrected chi connectivity index (χ4v) is 2.33. The van der Waals surface area contributed by atoms with Gasteiger partial charge in [-0.1, -0.05) is 36.5 Å². The first kappa shape index (κ1) is 13.5. The number of benzene rings is 2. The third-order valence-electron chi connectivity index (χ3n) is 3.13. The number of thiocarbonyl (C=S) groups is 1. The van der Waals surface area contributed by atoms with E-state index in [1.807, 2.05) is 24.3 Å². The van der Waals surface area contributed by atoms with Crippen LogP contribution in [0, 0.1) is 5.82 Å². The Balaban J connectivity index is 2.18. The molecule has 5 heteroatoms. The number of hydrogen-bond acceptors (Lipinski definition) is 3. The minimum atomic E-state index is -0.310. The Kier molecular flexibility index (Phi) is 3.50. The fourth-order valence-electron chi connectivity index (χ4n) is 2.17. The number of pyridine rings is 1. The van der Waals surface area contributed by atoms with E-state index in [0.717, 1.165) is 16.6 Å². The van der Waals surface area contributed by atoms with E-state index >= 15 is 0 Å². The van der Waals surface area contributed by atoms with Crippen molar-refractivity contribution in [1.82, 2.24) is 4.98 Å². The van der Waals surface area contributed by atoms with Crippen LogP contribution in [0.2, 0.25) is 0 Å². The molecule has 0 saturated heterocycles. The van der Waals surface area contributed by atoms with Crippen molar-refractivity contribution in [3.63, 3.8) is 0 Å². The van der Waals surface area contributed by atoms with Crippen LogP contribution in [0.5, 0.6) is 0 Å². The Morgan fingerprint density at radius 2 is 1.95 bits per heavy atom. The van der Waals surface area contributed by atoms with Gasteiger partial charge in [0.15, 0.2) is 0 Å². The summed E-state index contributed by atoms with van der Waals surface area (Å²) >= 11 is 5.08. The van der Waals surface area contributed by atoms with Gasteiger partial charge in [-0.3, -0.25) is 4.98 Å². The molecule has 0 bridgehead atoms. The second-order valence-corrected chi connectivity index (χ2v) is 5.00. The SMILES string of the molecule is NC(=S)c1cnc2ccccc2c1Nc1cccc(F)c1. The molecule has 104 valence electrons. The predicted octanol–water partition coefficient (Wildman–Crippen LogP) is 3.75. The maximum absolute atomic E-state index is 13.3. The fraction of sp³-hybridized carbons (Fsp3) is 0. The van der Waals surface area contributed by atoms with Crippen LogP contribution in [0.25, 0.3) is 10.9 Å². The zero-order chi connectivity index (χ0) is 14.8. The molecule has 0 amide bonds. The number of anilines is 2. The van der Waals surface area contributed by atoms with E-state index < -0.39 is 0 Å². The number of hydrogen-bond donors (Lipinski definition) is 2. The molecular weight excluding hydrogens is 285 g/mol. The highest BCUT2D eigenvalue weighted by molar-refractivity contribution is 7.80. The molecule has 0 aliphatic carbocycles. The molecule has 1 aromatic heterocycles. The van der Waals surface area contributed by atoms with Gasteiger partial charge in [-0.15, -0.1) is 0 Å². The van der Waals surface area contributed by atoms with Gasteiger partial charge < -0.3 is 11.1 Å². The van der Waals surface area contributed by atoms with Crippen molar-refractivity contribution in [2.75, 3.05) is 5.32 Å². The number of halogens is 1. The number of aromatic nitrogens is 1. The first-order valence-corrected chi connectivity index (χ1v) is 6.76. The number of para-hydroxylation sites is 1. The lowest BCUT2D eigenvalue weighted by Gasteiger charge is -2.14. The molecule has 2 aromatic carbocycles. The summed E-state index contributed by atoms with van der Waals surface area (Å²) in [5.41, 5.74) is 8.58. The van der Waals surface area contributed by atoms with Crippen LogP contribution < -0.4 is 11.1 Å². The Hall–Kier alpha value is -2.53. The third-order valence-corrected chi connectivity index (χ3v) is 3.35. The van der Waals surface area contributed by atoms with Gasteiger partial charge >= 0.3 is 0 Å². The van der Waals surface area contributed by atoms with Crippen molar-refractivity contribution in [2.45, 2.75) is 0 Å². The zero-order valence-corrected chi connectivity index (χ0v) is 11.8. The molecule has 0 atom stereocenters. The van der Waals surface area contributed by atoms with Crippen LogP contribution >= 0.6 is 12.2 Å². The van der Waals surface area contributed by atoms with Crippen molar-refractivity contribution in [3.8, 4) is 0 Å². The van der Waals surface area contributed by atoms with Gasteiger partial charge in [0, 0.05) is 17.3 Å². The molecule has 1 heterocycles. The van der Waals surface area contributed by atoms with Crippen LogP contribution in [-0.2, 0) is 0 Å². The maximum Gasteiger partial charge on any atom is 0.125 e. The van der Waals surface area contributed by atoms with Gasteiger partial charge in [-0.25, -0.2) is 4.39 Å². The molecule has 21 heavy (non-hydrogen) atoms. The summed E-state index contributed by atoms with van der Waals surface area (Å²) < 4.78 is 13.3. The maximum atomic E-state index is 13.3. The van der Waals surface area contributed by atoms with Crippen LogP contribution in [-0.4, -0.2) is 9.97 Å². The second-order valence-electron chi connectivity index (χ2n) is 4.56. The first-order valence-electron chi connectivity index (χ1n) is 6.35. The summed E-state index contributed by atoms with van der Waals surface area (Å²) in [5, 5.41) is 4.07. The molecule has 0 spiro atoms. The number of nitrogens with two attached hydrogens (primary N) is 1. The summed E-state index contributed by atoms with van der Waals surface area (Å²) in [6, 6.07) is 13.9. The number of fused-ring (bicyclic) bond motifs is 1. The third kappa shape index (κ3) is 2.68. The Bertz CT molecular complexity index is 833. The molecule has 3 rings (SSSR count). The molecule has 0 saturated carbocycles. The van der Waals surface area contributed by atoms with Gasteiger partial charge in [0.1, 0.15) is 10.8 Å². The molecule has 0 aliphatic heterocycles. The topological polar surface area (TPSA) is 50.9 Å². The van der Waals surface area contributed by atoms with Crippen molar-refractivity contribution in [3.05, 3.63) is 66.1 Å². The van der Waals surface area contributed by atoms with Crippen LogP contribution in [0.4, 0.5) is 15.8 Å². The smallest absolute Gasteiger partial charge is 0.125 e. The van der Waals surface area contributed by atoms with E-state index in [1.165, 1.54) is 12.1 Å². The standard InChI is InChI=1S/C16H12FN3S/c17-10-4-3-5-11(8-10)20-15-12-6-1-2-7-14(12)19-9-13(15)16(18)21/h1-9H,(H2,18,21)(H,19,20). The van der Waals surface area contributed by atoms with E-state index in [1.54, 1.807) is 18.3 Å². The monoisotopic (exact) mass is 297 g/mol. The highest BCUT2D eigenvalue weighted by Gasteiger charge is 2.11. The molecule has 3 N–H and O–H groups in total. The van der Waals surface area contributed by atoms with Crippen LogP contribution in [0.1, 0.15) is 5.56 Å². The summed E-state index contributed by atoms with van der Waals surface area (Å²) in [5.74, 6) is -0.310. The second kappa shape index (κ2) is 5.46. The van der Waals surface area contributed by atoms with Gasteiger partial charge in [0.05, 0.1) is 16.8 Å². The Labute approximate surface area is 126 Å². The van der Waals surface area contributed by atoms with Crippen molar-refractivity contribution < 1.29 is 4.39 Å². The highest BCUT2D eigenvalue weighted by Crippen LogP contribution is 2.29. The quantitative estimate of drug-likeness (QED) is 0.723. The normalized spacial score (nSPS) is 10.5. The first-order chi connectivity index (χ1) is 10.1. The Morgan fingerprint density at radius 3 is 2.71 bits per heavy atom. The number of rotatable bonds is 3. The van der Waals surface area contributed by atoms with E-state index in [0.29, 0.717) is 11.3 Å². The van der Waals surface area contributed by atoms with Crippen molar-refractivity contribution in [2.24, 2.45) is 5.73 Å². The Morgan fingerprint density at radius 1 is 1.14 bits per heavy atom. The van der Waals surface area contributed by atoms with Gasteiger partial charge in [0.2, 0.25) is 0 Å². The lowest BCUT2D eigenvalue weighted by Crippen LogP contribution is -2.13. The summed E-state index contributed by atoms with van der Waals surface area (Å²) in [6.07, 6.45) is 1.63. The summed E-state index contributed by atoms with van der Waals surface area (Å²) in [6.45, 7) is 0. The molecule has 3 aromatic rings.